The van der Waals surface area contributed by atoms with Crippen molar-refractivity contribution < 1.29 is 0 Å². The number of rotatable bonds is 1. The normalized spacial score (nSPS) is 25.6. The highest BCUT2D eigenvalue weighted by atomic mass is 14.4. The van der Waals surface area contributed by atoms with Crippen molar-refractivity contribution in [2.45, 2.75) is 33.1 Å². The standard InChI is InChI=1S/C10H12.C2H6/c1-8-7-10(8)9-5-3-2-4-6-9;1-2/h2-6,8,10H,7H2,1H3;1-2H3/t8-,10?;/m1./s1. The van der Waals surface area contributed by atoms with E-state index < -0.39 is 0 Å². The Bertz CT molecular complexity index is 213. The lowest BCUT2D eigenvalue weighted by atomic mass is 10.1. The smallest absolute Gasteiger partial charge is 0.0133 e. The maximum absolute atomic E-state index is 2.32. The van der Waals surface area contributed by atoms with Crippen LogP contribution >= 0.6 is 0 Å². The maximum Gasteiger partial charge on any atom is -0.0133 e. The molecular formula is C12H18. The highest BCUT2D eigenvalue weighted by molar-refractivity contribution is 5.24. The molecule has 1 unspecified atom stereocenters. The average molecular weight is 162 g/mol. The molecule has 1 aliphatic carbocycles. The molecule has 0 radical (unpaired) electrons. The lowest BCUT2D eigenvalue weighted by Gasteiger charge is -1.94. The second-order valence-electron chi connectivity index (χ2n) is 3.23. The molecule has 1 aromatic carbocycles. The van der Waals surface area contributed by atoms with Crippen molar-refractivity contribution in [3.05, 3.63) is 35.9 Å². The predicted octanol–water partition coefficient (Wildman–Crippen LogP) is 3.84. The first-order valence-electron chi connectivity index (χ1n) is 4.93. The van der Waals surface area contributed by atoms with E-state index >= 15 is 0 Å². The molecule has 0 N–H and O–H groups in total. The summed E-state index contributed by atoms with van der Waals surface area (Å²) < 4.78 is 0. The van der Waals surface area contributed by atoms with Crippen LogP contribution in [0.15, 0.2) is 30.3 Å². The summed E-state index contributed by atoms with van der Waals surface area (Å²) in [6, 6.07) is 10.8. The first kappa shape index (κ1) is 9.31. The summed E-state index contributed by atoms with van der Waals surface area (Å²) in [5.41, 5.74) is 1.52. The zero-order valence-electron chi connectivity index (χ0n) is 8.25. The Labute approximate surface area is 75.6 Å². The molecule has 1 aromatic rings. The fraction of sp³-hybridized carbons (Fsp3) is 0.500. The number of hydrogen-bond acceptors (Lipinski definition) is 0. The summed E-state index contributed by atoms with van der Waals surface area (Å²) in [6.45, 7) is 6.32. The molecule has 1 saturated carbocycles. The van der Waals surface area contributed by atoms with Gasteiger partial charge in [-0.2, -0.15) is 0 Å². The van der Waals surface area contributed by atoms with Gasteiger partial charge >= 0.3 is 0 Å². The van der Waals surface area contributed by atoms with Crippen LogP contribution in [0.1, 0.15) is 38.7 Å². The van der Waals surface area contributed by atoms with Crippen molar-refractivity contribution in [2.24, 2.45) is 5.92 Å². The first-order chi connectivity index (χ1) is 5.88. The van der Waals surface area contributed by atoms with E-state index in [4.69, 9.17) is 0 Å². The minimum absolute atomic E-state index is 0.876. The molecule has 0 aliphatic heterocycles. The Morgan fingerprint density at radius 2 is 1.58 bits per heavy atom. The van der Waals surface area contributed by atoms with Crippen molar-refractivity contribution in [3.63, 3.8) is 0 Å². The third-order valence-electron chi connectivity index (χ3n) is 2.34. The fourth-order valence-corrected chi connectivity index (χ4v) is 1.49. The minimum atomic E-state index is 0.876. The van der Waals surface area contributed by atoms with Crippen molar-refractivity contribution >= 4 is 0 Å². The van der Waals surface area contributed by atoms with E-state index in [1.165, 1.54) is 12.0 Å². The summed E-state index contributed by atoms with van der Waals surface area (Å²) in [4.78, 5) is 0. The van der Waals surface area contributed by atoms with Crippen molar-refractivity contribution in [2.75, 3.05) is 0 Å². The molecule has 0 bridgehead atoms. The molecule has 1 fully saturated rings. The van der Waals surface area contributed by atoms with E-state index in [0.717, 1.165) is 11.8 Å². The molecule has 0 nitrogen and oxygen atoms in total. The lowest BCUT2D eigenvalue weighted by molar-refractivity contribution is 0.915. The molecule has 2 atom stereocenters. The molecule has 0 aromatic heterocycles. The average Bonchev–Trinajstić information content (AvgIpc) is 2.88. The van der Waals surface area contributed by atoms with Crippen molar-refractivity contribution in [3.8, 4) is 0 Å². The van der Waals surface area contributed by atoms with Crippen LogP contribution < -0.4 is 0 Å². The van der Waals surface area contributed by atoms with Crippen LogP contribution in [0.25, 0.3) is 0 Å². The van der Waals surface area contributed by atoms with E-state index in [1.54, 1.807) is 0 Å². The molecule has 1 aliphatic rings. The van der Waals surface area contributed by atoms with Crippen LogP contribution in [-0.4, -0.2) is 0 Å². The summed E-state index contributed by atoms with van der Waals surface area (Å²) in [5.74, 6) is 1.81. The fourth-order valence-electron chi connectivity index (χ4n) is 1.49. The van der Waals surface area contributed by atoms with E-state index in [2.05, 4.69) is 37.3 Å². The predicted molar refractivity (Wildman–Crippen MR) is 54.3 cm³/mol. The van der Waals surface area contributed by atoms with Gasteiger partial charge in [-0.25, -0.2) is 0 Å². The van der Waals surface area contributed by atoms with Crippen molar-refractivity contribution in [1.82, 2.24) is 0 Å². The maximum atomic E-state index is 2.32. The van der Waals surface area contributed by atoms with Crippen LogP contribution in [0.3, 0.4) is 0 Å². The third kappa shape index (κ3) is 2.10. The van der Waals surface area contributed by atoms with E-state index in [-0.39, 0.29) is 0 Å². The van der Waals surface area contributed by atoms with Gasteiger partial charge in [-0.15, -0.1) is 0 Å². The van der Waals surface area contributed by atoms with Gasteiger partial charge in [0.25, 0.3) is 0 Å². The topological polar surface area (TPSA) is 0 Å². The SMILES string of the molecule is CC.C[C@@H]1CC1c1ccccc1. The van der Waals surface area contributed by atoms with Crippen LogP contribution in [0.2, 0.25) is 0 Å². The van der Waals surface area contributed by atoms with Crippen LogP contribution in [0.4, 0.5) is 0 Å². The van der Waals surface area contributed by atoms with Gasteiger partial charge in [0.05, 0.1) is 0 Å². The summed E-state index contributed by atoms with van der Waals surface area (Å²) in [7, 11) is 0. The van der Waals surface area contributed by atoms with Gasteiger partial charge in [0.15, 0.2) is 0 Å². The monoisotopic (exact) mass is 162 g/mol. The van der Waals surface area contributed by atoms with Gasteiger partial charge in [0, 0.05) is 0 Å². The van der Waals surface area contributed by atoms with Gasteiger partial charge < -0.3 is 0 Å². The molecular weight excluding hydrogens is 144 g/mol. The second kappa shape index (κ2) is 4.30. The molecule has 0 amide bonds. The van der Waals surface area contributed by atoms with Crippen molar-refractivity contribution in [1.29, 1.82) is 0 Å². The third-order valence-corrected chi connectivity index (χ3v) is 2.34. The van der Waals surface area contributed by atoms with E-state index in [0.29, 0.717) is 0 Å². The molecule has 2 rings (SSSR count). The van der Waals surface area contributed by atoms with Gasteiger partial charge in [-0.3, -0.25) is 0 Å². The van der Waals surface area contributed by atoms with Gasteiger partial charge in [0.1, 0.15) is 0 Å². The van der Waals surface area contributed by atoms with Gasteiger partial charge in [-0.05, 0) is 23.8 Å². The zero-order chi connectivity index (χ0) is 8.97. The van der Waals surface area contributed by atoms with Crippen LogP contribution in [0, 0.1) is 5.92 Å². The largest absolute Gasteiger partial charge is 0.0683 e. The van der Waals surface area contributed by atoms with Crippen LogP contribution in [-0.2, 0) is 0 Å². The summed E-state index contributed by atoms with van der Waals surface area (Å²) >= 11 is 0. The number of hydrogen-bond donors (Lipinski definition) is 0. The Morgan fingerprint density at radius 1 is 1.08 bits per heavy atom. The van der Waals surface area contributed by atoms with Gasteiger partial charge in [0.2, 0.25) is 0 Å². The van der Waals surface area contributed by atoms with Crippen LogP contribution in [0.5, 0.6) is 0 Å². The molecule has 12 heavy (non-hydrogen) atoms. The Kier molecular flexibility index (Phi) is 3.33. The Hall–Kier alpha value is -0.780. The van der Waals surface area contributed by atoms with E-state index in [9.17, 15) is 0 Å². The lowest BCUT2D eigenvalue weighted by Crippen LogP contribution is -1.77. The minimum Gasteiger partial charge on any atom is -0.0683 e. The molecule has 66 valence electrons. The Morgan fingerprint density at radius 3 is 2.00 bits per heavy atom. The highest BCUT2D eigenvalue weighted by Crippen LogP contribution is 2.46. The zero-order valence-corrected chi connectivity index (χ0v) is 8.25. The first-order valence-corrected chi connectivity index (χ1v) is 4.93. The molecule has 0 heterocycles. The second-order valence-corrected chi connectivity index (χ2v) is 3.23. The number of benzene rings is 1. The quantitative estimate of drug-likeness (QED) is 0.588. The molecule has 0 heteroatoms. The van der Waals surface area contributed by atoms with Gasteiger partial charge in [-0.1, -0.05) is 51.1 Å². The highest BCUT2D eigenvalue weighted by Gasteiger charge is 2.33. The Balaban J connectivity index is 0.000000336. The summed E-state index contributed by atoms with van der Waals surface area (Å²) in [5, 5.41) is 0. The molecule has 0 spiro atoms. The summed E-state index contributed by atoms with van der Waals surface area (Å²) in [6.07, 6.45) is 1.39. The molecule has 0 saturated heterocycles. The van der Waals surface area contributed by atoms with E-state index in [1.807, 2.05) is 13.8 Å².